The molecule has 19 nitrogen and oxygen atoms in total. The summed E-state index contributed by atoms with van der Waals surface area (Å²) in [6, 6.07) is 20.0. The van der Waals surface area contributed by atoms with Gasteiger partial charge in [-0.2, -0.15) is 0 Å². The highest BCUT2D eigenvalue weighted by molar-refractivity contribution is 8.76. The molecular weight excluding hydrogens is 1030 g/mol. The highest BCUT2D eigenvalue weighted by atomic mass is 33.1. The number of phenolic OH excluding ortho intramolecular Hbond substituents is 1. The van der Waals surface area contributed by atoms with Crippen molar-refractivity contribution in [3.05, 3.63) is 118 Å². The third kappa shape index (κ3) is 18.9. The van der Waals surface area contributed by atoms with Gasteiger partial charge in [-0.1, -0.05) is 102 Å². The third-order valence-electron chi connectivity index (χ3n) is 13.9. The second kappa shape index (κ2) is 29.8. The van der Waals surface area contributed by atoms with E-state index in [0.29, 0.717) is 24.0 Å². The van der Waals surface area contributed by atoms with Crippen LogP contribution in [0.15, 0.2) is 91.0 Å². The summed E-state index contributed by atoms with van der Waals surface area (Å²) >= 11 is 0. The number of phenols is 1. The number of fused-ring (bicyclic) bond motifs is 1. The van der Waals surface area contributed by atoms with Gasteiger partial charge in [-0.25, -0.2) is 0 Å². The molecule has 0 saturated carbocycles. The van der Waals surface area contributed by atoms with Gasteiger partial charge in [0.1, 0.15) is 5.75 Å². The number of aliphatic hydroxyl groups excluding tert-OH is 1. The number of Topliss-reactive ketones (excluding diaryl/α,β-unsaturated/α-hetero) is 4. The maximum absolute atomic E-state index is 14.9. The number of aliphatic hydroxyl groups is 1. The SMILES string of the molecule is CC(C)[C@@H]1CC(=O)[C@H](CCCCN)NC(=O)[C@@H](Cc2ccc([N+](=O)[O-])cc2)CC(=O)[C@H](Cc2ccc(O)cc2)NC(=O)[C@@H](CC(=O)[C@H](N)Cc2ccc3ccccc3c2)CSSC[C@@H](C(=O)C[C@H](C(N)=O)C(C)O)NC1=O. The number of carbonyl (C=O) groups is 8. The molecule has 5 rings (SSSR count). The number of ketones is 4. The van der Waals surface area contributed by atoms with Gasteiger partial charge in [-0.15, -0.1) is 0 Å². The lowest BCUT2D eigenvalue weighted by atomic mass is 9.86. The molecule has 4 aromatic rings. The lowest BCUT2D eigenvalue weighted by Gasteiger charge is -2.28. The number of nitrogens with two attached hydrogens (primary N) is 3. The minimum absolute atomic E-state index is 0.0530. The molecule has 0 aliphatic carbocycles. The Morgan fingerprint density at radius 2 is 1.34 bits per heavy atom. The maximum Gasteiger partial charge on any atom is 0.269 e. The fraction of sp³-hybridized carbons (Fsp3) is 0.464. The average molecular weight is 1100 g/mol. The molecule has 414 valence electrons. The summed E-state index contributed by atoms with van der Waals surface area (Å²) in [5.41, 5.74) is 19.5. The van der Waals surface area contributed by atoms with E-state index in [-0.39, 0.29) is 68.0 Å². The Bertz CT molecular complexity index is 2720. The fourth-order valence-corrected chi connectivity index (χ4v) is 11.6. The molecule has 0 bridgehead atoms. The summed E-state index contributed by atoms with van der Waals surface area (Å²) in [6.45, 7) is 5.03. The van der Waals surface area contributed by atoms with Gasteiger partial charge < -0.3 is 43.4 Å². The summed E-state index contributed by atoms with van der Waals surface area (Å²) in [5, 5.41) is 42.5. The maximum atomic E-state index is 14.9. The average Bonchev–Trinajstić information content (AvgIpc) is 3.39. The molecular formula is C56H71N7O12S2. The van der Waals surface area contributed by atoms with Crippen molar-refractivity contribution in [2.45, 2.75) is 115 Å². The van der Waals surface area contributed by atoms with E-state index in [1.807, 2.05) is 42.5 Å². The molecule has 11 N–H and O–H groups in total. The van der Waals surface area contributed by atoms with Crippen LogP contribution in [0.5, 0.6) is 5.75 Å². The number of nitro groups is 1. The van der Waals surface area contributed by atoms with Crippen molar-refractivity contribution in [1.82, 2.24) is 16.0 Å². The number of nitrogens with zero attached hydrogens (tertiary/aromatic N) is 1. The molecule has 1 heterocycles. The summed E-state index contributed by atoms with van der Waals surface area (Å²) in [5.74, 6) is -10.6. The second-order valence-electron chi connectivity index (χ2n) is 20.2. The zero-order chi connectivity index (χ0) is 56.3. The number of primary amides is 1. The first-order valence-electron chi connectivity index (χ1n) is 25.8. The van der Waals surface area contributed by atoms with Crippen LogP contribution in [-0.2, 0) is 57.6 Å². The van der Waals surface area contributed by atoms with Crippen molar-refractivity contribution in [3.8, 4) is 5.75 Å². The van der Waals surface area contributed by atoms with Crippen molar-refractivity contribution in [1.29, 1.82) is 0 Å². The quantitative estimate of drug-likeness (QED) is 0.0259. The molecule has 77 heavy (non-hydrogen) atoms. The first kappa shape index (κ1) is 61.3. The van der Waals surface area contributed by atoms with Gasteiger partial charge in [0.05, 0.1) is 47.0 Å². The summed E-state index contributed by atoms with van der Waals surface area (Å²) in [7, 11) is 2.19. The van der Waals surface area contributed by atoms with E-state index < -0.39 is 124 Å². The van der Waals surface area contributed by atoms with Crippen LogP contribution < -0.4 is 33.2 Å². The topological polar surface area (TPSA) is 334 Å². The van der Waals surface area contributed by atoms with Gasteiger partial charge in [0, 0.05) is 61.2 Å². The smallest absolute Gasteiger partial charge is 0.269 e. The Morgan fingerprint density at radius 1 is 0.740 bits per heavy atom. The molecule has 0 aromatic heterocycles. The number of nitro benzene ring substituents is 1. The zero-order valence-electron chi connectivity index (χ0n) is 43.6. The van der Waals surface area contributed by atoms with Crippen LogP contribution in [-0.4, -0.2) is 110 Å². The molecule has 1 unspecified atom stereocenters. The molecule has 0 radical (unpaired) electrons. The fourth-order valence-electron chi connectivity index (χ4n) is 9.13. The van der Waals surface area contributed by atoms with E-state index in [9.17, 15) is 58.7 Å². The normalized spacial score (nSPS) is 21.8. The highest BCUT2D eigenvalue weighted by Gasteiger charge is 2.37. The molecule has 1 fully saturated rings. The molecule has 1 aliphatic heterocycles. The number of amides is 4. The standard InChI is InChI=1S/C56H71N7O12S2/c1-32(2)43-28-51(68)46(10-6-7-21-57)60-54(71)39(22-34-12-17-41(18-13-34)63(74)75)26-50(67)47(25-35-14-19-42(65)20-15-35)61-55(72)40(27-49(66)45(58)24-36-11-16-37-8-4-5-9-38(37)23-36)30-76-77-31-48(62-56(43)73)52(69)29-44(33(3)64)53(59)70/h4-5,8-9,11-20,23,32-33,39-40,43-48,64-65H,6-7,10,21-22,24-31,57-58H2,1-3H3,(H2,59,70)(H,60,71)(H,61,72)(H,62,73)/t33?,39-,40-,43-,44-,45+,46-,47-,48-/m0/s1. The van der Waals surface area contributed by atoms with E-state index >= 15 is 0 Å². The highest BCUT2D eigenvalue weighted by Crippen LogP contribution is 2.30. The van der Waals surface area contributed by atoms with Crippen LogP contribution in [0, 0.1) is 39.7 Å². The first-order valence-corrected chi connectivity index (χ1v) is 28.3. The van der Waals surface area contributed by atoms with Gasteiger partial charge in [0.2, 0.25) is 23.6 Å². The van der Waals surface area contributed by atoms with E-state index in [0.717, 1.165) is 37.9 Å². The van der Waals surface area contributed by atoms with Crippen molar-refractivity contribution in [3.63, 3.8) is 0 Å². The van der Waals surface area contributed by atoms with Crippen molar-refractivity contribution in [2.75, 3.05) is 18.1 Å². The number of benzene rings is 4. The molecule has 4 aromatic carbocycles. The van der Waals surface area contributed by atoms with Crippen molar-refractivity contribution < 1.29 is 53.5 Å². The van der Waals surface area contributed by atoms with Crippen LogP contribution in [0.1, 0.15) is 82.4 Å². The van der Waals surface area contributed by atoms with Crippen molar-refractivity contribution >= 4 is 84.8 Å². The number of carbonyl (C=O) groups excluding carboxylic acids is 8. The van der Waals surface area contributed by atoms with Crippen LogP contribution >= 0.6 is 21.6 Å². The lowest BCUT2D eigenvalue weighted by molar-refractivity contribution is -0.384. The molecule has 21 heteroatoms. The number of unbranched alkanes of at least 4 members (excludes halogenated alkanes) is 1. The molecule has 0 spiro atoms. The number of non-ortho nitro benzene ring substituents is 1. The van der Waals surface area contributed by atoms with E-state index in [1.54, 1.807) is 26.0 Å². The van der Waals surface area contributed by atoms with Crippen LogP contribution in [0.3, 0.4) is 0 Å². The van der Waals surface area contributed by atoms with Gasteiger partial charge >= 0.3 is 0 Å². The summed E-state index contributed by atoms with van der Waals surface area (Å²) in [6.07, 6.45) is -2.17. The first-order chi connectivity index (χ1) is 36.6. The molecule has 4 amide bonds. The third-order valence-corrected chi connectivity index (χ3v) is 16.4. The second-order valence-corrected chi connectivity index (χ2v) is 22.8. The molecule has 9 atom stereocenters. The Labute approximate surface area is 455 Å². The summed E-state index contributed by atoms with van der Waals surface area (Å²) < 4.78 is 0. The predicted molar refractivity (Wildman–Crippen MR) is 296 cm³/mol. The van der Waals surface area contributed by atoms with Crippen LogP contribution in [0.4, 0.5) is 5.69 Å². The van der Waals surface area contributed by atoms with E-state index in [2.05, 4.69) is 16.0 Å². The van der Waals surface area contributed by atoms with Gasteiger partial charge in [-0.3, -0.25) is 48.5 Å². The number of rotatable bonds is 20. The lowest BCUT2D eigenvalue weighted by Crippen LogP contribution is -2.50. The van der Waals surface area contributed by atoms with Gasteiger partial charge in [0.25, 0.3) is 5.69 Å². The zero-order valence-corrected chi connectivity index (χ0v) is 45.2. The van der Waals surface area contributed by atoms with E-state index in [4.69, 9.17) is 17.2 Å². The minimum Gasteiger partial charge on any atom is -0.508 e. The molecule has 1 saturated heterocycles. The molecule has 1 aliphatic rings. The number of hydrogen-bond donors (Lipinski definition) is 8. The monoisotopic (exact) mass is 1100 g/mol. The Balaban J connectivity index is 1.57. The minimum atomic E-state index is -1.32. The van der Waals surface area contributed by atoms with Crippen LogP contribution in [0.25, 0.3) is 10.8 Å². The summed E-state index contributed by atoms with van der Waals surface area (Å²) in [4.78, 5) is 125. The van der Waals surface area contributed by atoms with Crippen LogP contribution in [0.2, 0.25) is 0 Å². The largest absolute Gasteiger partial charge is 0.508 e. The number of hydrogen-bond acceptors (Lipinski definition) is 16. The van der Waals surface area contributed by atoms with E-state index in [1.165, 1.54) is 43.3 Å². The number of nitrogens with one attached hydrogen (secondary N) is 3. The Kier molecular flexibility index (Phi) is 23.8. The Hall–Kier alpha value is -6.52. The Morgan fingerprint density at radius 3 is 1.97 bits per heavy atom. The number of aromatic hydroxyl groups is 1. The van der Waals surface area contributed by atoms with Gasteiger partial charge in [0.15, 0.2) is 23.1 Å². The predicted octanol–water partition coefficient (Wildman–Crippen LogP) is 4.61. The van der Waals surface area contributed by atoms with Crippen molar-refractivity contribution in [2.24, 2.45) is 46.8 Å². The van der Waals surface area contributed by atoms with Gasteiger partial charge in [-0.05, 0) is 97.5 Å².